The van der Waals surface area contributed by atoms with E-state index in [1.165, 1.54) is 0 Å². The molecule has 0 saturated heterocycles. The van der Waals surface area contributed by atoms with Crippen molar-refractivity contribution in [3.63, 3.8) is 0 Å². The summed E-state index contributed by atoms with van der Waals surface area (Å²) in [4.78, 5) is 0. The van der Waals surface area contributed by atoms with Crippen molar-refractivity contribution in [2.75, 3.05) is 0 Å². The van der Waals surface area contributed by atoms with Gasteiger partial charge >= 0.3 is 0 Å². The molecule has 0 N–H and O–H groups in total. The zero-order chi connectivity index (χ0) is 4.95. The van der Waals surface area contributed by atoms with Gasteiger partial charge in [-0.15, -0.1) is 12.2 Å². The van der Waals surface area contributed by atoms with E-state index >= 15 is 0 Å². The van der Waals surface area contributed by atoms with Crippen LogP contribution in [0.15, 0.2) is 36.5 Å². The molecule has 0 heteroatoms. The van der Waals surface area contributed by atoms with Crippen LogP contribution < -0.4 is 0 Å². The summed E-state index contributed by atoms with van der Waals surface area (Å²) in [5, 5.41) is 0. The average Bonchev–Trinajstić information content (AvgIpc) is 1.90. The van der Waals surface area contributed by atoms with Gasteiger partial charge in [0.25, 0.3) is 0 Å². The summed E-state index contributed by atoms with van der Waals surface area (Å²) >= 11 is 0. The molecule has 0 heterocycles. The van der Waals surface area contributed by atoms with Crippen LogP contribution in [0, 0.1) is 6.42 Å². The largest absolute Gasteiger partial charge is 0.184 e. The standard InChI is InChI=1S/C7H6/c1-2-4-6-7-5-3-1/h1-6H/q-1. The van der Waals surface area contributed by atoms with Gasteiger partial charge in [-0.2, -0.15) is 30.7 Å². The zero-order valence-electron chi connectivity index (χ0n) is 3.96. The minimum atomic E-state index is 1.88. The molecule has 35 valence electrons. The SMILES string of the molecule is [C-]1C=CC=CC=C1. The molecule has 0 fully saturated rings. The van der Waals surface area contributed by atoms with Crippen molar-refractivity contribution >= 4 is 0 Å². The van der Waals surface area contributed by atoms with E-state index in [4.69, 9.17) is 0 Å². The van der Waals surface area contributed by atoms with Gasteiger partial charge in [0.05, 0.1) is 0 Å². The maximum Gasteiger partial charge on any atom is -0.129 e. The summed E-state index contributed by atoms with van der Waals surface area (Å²) < 4.78 is 0. The summed E-state index contributed by atoms with van der Waals surface area (Å²) in [6.45, 7) is 0. The van der Waals surface area contributed by atoms with Crippen LogP contribution in [0.3, 0.4) is 0 Å². The lowest BCUT2D eigenvalue weighted by atomic mass is 10.4. The van der Waals surface area contributed by atoms with Crippen molar-refractivity contribution in [3.8, 4) is 0 Å². The summed E-state index contributed by atoms with van der Waals surface area (Å²) in [6.07, 6.45) is 14.5. The highest BCUT2D eigenvalue weighted by molar-refractivity contribution is 5.23. The van der Waals surface area contributed by atoms with E-state index in [0.29, 0.717) is 0 Å². The van der Waals surface area contributed by atoms with Gasteiger partial charge < -0.3 is 0 Å². The topological polar surface area (TPSA) is 0 Å². The molecule has 1 aliphatic carbocycles. The van der Waals surface area contributed by atoms with E-state index in [1.807, 2.05) is 36.5 Å². The Morgan fingerprint density at radius 1 is 0.714 bits per heavy atom. The number of rotatable bonds is 0. The fourth-order valence-electron chi connectivity index (χ4n) is 0.406. The molecule has 0 aromatic rings. The lowest BCUT2D eigenvalue weighted by Crippen LogP contribution is -1.51. The number of allylic oxidation sites excluding steroid dienone is 6. The normalized spacial score (nSPS) is 16.0. The fourth-order valence-corrected chi connectivity index (χ4v) is 0.406. The van der Waals surface area contributed by atoms with Crippen LogP contribution in [0.2, 0.25) is 0 Å². The van der Waals surface area contributed by atoms with Crippen molar-refractivity contribution in [2.24, 2.45) is 0 Å². The van der Waals surface area contributed by atoms with Gasteiger partial charge in [0.1, 0.15) is 0 Å². The van der Waals surface area contributed by atoms with E-state index in [-0.39, 0.29) is 0 Å². The Morgan fingerprint density at radius 2 is 1.29 bits per heavy atom. The van der Waals surface area contributed by atoms with Gasteiger partial charge in [0, 0.05) is 0 Å². The van der Waals surface area contributed by atoms with Crippen molar-refractivity contribution in [1.29, 1.82) is 0 Å². The highest BCUT2D eigenvalue weighted by atomic mass is 13.8. The molecule has 0 atom stereocenters. The second-order valence-electron chi connectivity index (χ2n) is 1.27. The molecule has 0 aromatic heterocycles. The Labute approximate surface area is 43.9 Å². The second kappa shape index (κ2) is 2.30. The summed E-state index contributed by atoms with van der Waals surface area (Å²) in [5.74, 6) is 0. The maximum atomic E-state index is 2.92. The molecular formula is C7H6-. The Bertz CT molecular complexity index is 102. The predicted molar refractivity (Wildman–Crippen MR) is 30.7 cm³/mol. The van der Waals surface area contributed by atoms with E-state index < -0.39 is 0 Å². The molecule has 1 radical (unpaired) electrons. The Kier molecular flexibility index (Phi) is 1.40. The van der Waals surface area contributed by atoms with Gasteiger partial charge in [-0.1, -0.05) is 0 Å². The van der Waals surface area contributed by atoms with Gasteiger partial charge in [-0.3, -0.25) is 0 Å². The molecule has 0 saturated carbocycles. The molecule has 0 spiro atoms. The maximum absolute atomic E-state index is 2.92. The summed E-state index contributed by atoms with van der Waals surface area (Å²) in [6, 6.07) is 0. The van der Waals surface area contributed by atoms with Crippen molar-refractivity contribution < 1.29 is 0 Å². The zero-order valence-corrected chi connectivity index (χ0v) is 3.96. The quantitative estimate of drug-likeness (QED) is 0.397. The number of hydrogen-bond donors (Lipinski definition) is 0. The first-order chi connectivity index (χ1) is 3.50. The summed E-state index contributed by atoms with van der Waals surface area (Å²) in [7, 11) is 0. The third kappa shape index (κ3) is 1.31. The van der Waals surface area contributed by atoms with Crippen LogP contribution in [0.4, 0.5) is 0 Å². The highest BCUT2D eigenvalue weighted by Gasteiger charge is 1.60. The summed E-state index contributed by atoms with van der Waals surface area (Å²) in [5.41, 5.74) is 0. The van der Waals surface area contributed by atoms with Gasteiger partial charge in [-0.25, -0.2) is 0 Å². The predicted octanol–water partition coefficient (Wildman–Crippen LogP) is 1.75. The van der Waals surface area contributed by atoms with Crippen molar-refractivity contribution in [2.45, 2.75) is 0 Å². The first-order valence-electron chi connectivity index (χ1n) is 2.24. The van der Waals surface area contributed by atoms with Crippen LogP contribution in [-0.4, -0.2) is 0 Å². The van der Waals surface area contributed by atoms with Crippen molar-refractivity contribution in [1.82, 2.24) is 0 Å². The van der Waals surface area contributed by atoms with Crippen LogP contribution in [-0.2, 0) is 0 Å². The second-order valence-corrected chi connectivity index (χ2v) is 1.27. The molecule has 1 rings (SSSR count). The third-order valence-electron chi connectivity index (χ3n) is 0.718. The lowest BCUT2D eigenvalue weighted by Gasteiger charge is -1.81. The third-order valence-corrected chi connectivity index (χ3v) is 0.718. The molecule has 0 unspecified atom stereocenters. The number of hydrogen-bond acceptors (Lipinski definition) is 0. The van der Waals surface area contributed by atoms with Crippen LogP contribution >= 0.6 is 0 Å². The molecule has 0 amide bonds. The van der Waals surface area contributed by atoms with E-state index in [9.17, 15) is 0 Å². The van der Waals surface area contributed by atoms with E-state index in [0.717, 1.165) is 0 Å². The molecule has 0 bridgehead atoms. The molecule has 0 nitrogen and oxygen atoms in total. The smallest absolute Gasteiger partial charge is 0.129 e. The highest BCUT2D eigenvalue weighted by Crippen LogP contribution is 1.90. The van der Waals surface area contributed by atoms with E-state index in [1.54, 1.807) is 0 Å². The van der Waals surface area contributed by atoms with Gasteiger partial charge in [0.15, 0.2) is 0 Å². The van der Waals surface area contributed by atoms with Crippen LogP contribution in [0.25, 0.3) is 0 Å². The molecule has 1 aliphatic rings. The molecule has 0 aromatic carbocycles. The molecular weight excluding hydrogens is 84.1 g/mol. The molecule has 0 aliphatic heterocycles. The molecule has 7 heavy (non-hydrogen) atoms. The van der Waals surface area contributed by atoms with Crippen LogP contribution in [0.5, 0.6) is 0 Å². The van der Waals surface area contributed by atoms with Crippen molar-refractivity contribution in [3.05, 3.63) is 42.9 Å². The first-order valence-corrected chi connectivity index (χ1v) is 2.24. The minimum Gasteiger partial charge on any atom is -0.184 e. The van der Waals surface area contributed by atoms with E-state index in [2.05, 4.69) is 6.42 Å². The Morgan fingerprint density at radius 3 is 1.86 bits per heavy atom. The average molecular weight is 90.1 g/mol. The minimum absolute atomic E-state index is 1.88. The van der Waals surface area contributed by atoms with Gasteiger partial charge in [-0.05, 0) is 0 Å². The van der Waals surface area contributed by atoms with Gasteiger partial charge in [0.2, 0.25) is 0 Å². The Hall–Kier alpha value is -0.910. The lowest BCUT2D eigenvalue weighted by molar-refractivity contribution is 1.78. The first kappa shape index (κ1) is 4.25. The van der Waals surface area contributed by atoms with Crippen LogP contribution in [0.1, 0.15) is 0 Å². The Balaban J connectivity index is 2.60. The fraction of sp³-hybridized carbons (Fsp3) is 0. The monoisotopic (exact) mass is 90.0 g/mol.